The van der Waals surface area contributed by atoms with Gasteiger partial charge in [-0.3, -0.25) is 14.5 Å². The number of amides is 1. The summed E-state index contributed by atoms with van der Waals surface area (Å²) in [6.07, 6.45) is 2.64. The first-order valence-corrected chi connectivity index (χ1v) is 18.4. The van der Waals surface area contributed by atoms with Gasteiger partial charge in [0.15, 0.2) is 0 Å². The third-order valence-electron chi connectivity index (χ3n) is 10.4. The van der Waals surface area contributed by atoms with Crippen molar-refractivity contribution in [2.75, 3.05) is 25.5 Å². The Labute approximate surface area is 315 Å². The summed E-state index contributed by atoms with van der Waals surface area (Å²) < 4.78 is 34.6. The predicted octanol–water partition coefficient (Wildman–Crippen LogP) is 8.42. The number of ether oxygens (including phenoxy) is 1. The van der Waals surface area contributed by atoms with Gasteiger partial charge >= 0.3 is 0 Å². The van der Waals surface area contributed by atoms with Crippen LogP contribution < -0.4 is 20.9 Å². The van der Waals surface area contributed by atoms with Crippen LogP contribution >= 0.6 is 23.2 Å². The number of carbonyl (C=O) groups is 1. The van der Waals surface area contributed by atoms with E-state index in [0.29, 0.717) is 45.4 Å². The Morgan fingerprint density at radius 3 is 2.45 bits per heavy atom. The number of aryl methyl sites for hydroxylation is 2. The number of anilines is 2. The molecular formula is C39H39Cl2F2N7O3. The van der Waals surface area contributed by atoms with E-state index in [1.54, 1.807) is 25.3 Å². The van der Waals surface area contributed by atoms with E-state index in [1.807, 2.05) is 32.0 Å². The second-order valence-electron chi connectivity index (χ2n) is 13.4. The molecule has 14 heteroatoms. The lowest BCUT2D eigenvalue weighted by Gasteiger charge is -2.28. The summed E-state index contributed by atoms with van der Waals surface area (Å²) in [6.45, 7) is 5.71. The van der Waals surface area contributed by atoms with Crippen LogP contribution in [0.15, 0.2) is 59.5 Å². The van der Waals surface area contributed by atoms with Crippen molar-refractivity contribution in [3.8, 4) is 28.3 Å². The zero-order valence-electron chi connectivity index (χ0n) is 29.8. The number of fused-ring (bicyclic) bond motifs is 2. The van der Waals surface area contributed by atoms with Crippen molar-refractivity contribution in [2.45, 2.75) is 64.0 Å². The Morgan fingerprint density at radius 1 is 1.00 bits per heavy atom. The molecule has 2 atom stereocenters. The van der Waals surface area contributed by atoms with E-state index in [-0.39, 0.29) is 39.1 Å². The number of nitrogens with one attached hydrogen (secondary N) is 2. The number of pyridine rings is 2. The first-order valence-electron chi connectivity index (χ1n) is 17.7. The van der Waals surface area contributed by atoms with Crippen molar-refractivity contribution in [3.05, 3.63) is 91.9 Å². The van der Waals surface area contributed by atoms with Gasteiger partial charge in [0.05, 0.1) is 45.7 Å². The van der Waals surface area contributed by atoms with Crippen LogP contribution in [0, 0.1) is 0 Å². The van der Waals surface area contributed by atoms with Gasteiger partial charge in [0.2, 0.25) is 11.8 Å². The molecule has 1 amide bonds. The maximum absolute atomic E-state index is 13.8. The number of halogens is 4. The minimum absolute atomic E-state index is 0.0606. The SMILES string of the molecule is CC.COc1nc(-c2cccc(-c3cccc(Nc4nc(C(F)F)cc5cnn(C)c(=O)c45)c3Cl)c2Cl)cc2c1C(N1CCC3(CCC(=O)N3)C1)CC2. The highest BCUT2D eigenvalue weighted by Crippen LogP contribution is 2.47. The Bertz CT molecular complexity index is 2300. The summed E-state index contributed by atoms with van der Waals surface area (Å²) in [7, 11) is 3.10. The molecule has 2 unspecified atom stereocenters. The molecule has 0 radical (unpaired) electrons. The Hall–Kier alpha value is -4.65. The normalized spacial score (nSPS) is 19.4. The van der Waals surface area contributed by atoms with Crippen LogP contribution in [0.5, 0.6) is 5.88 Å². The molecule has 10 nitrogen and oxygen atoms in total. The Balaban J connectivity index is 0.00000214. The number of benzene rings is 2. The lowest BCUT2D eigenvalue weighted by atomic mass is 9.97. The number of hydrogen-bond acceptors (Lipinski definition) is 8. The second-order valence-corrected chi connectivity index (χ2v) is 14.1. The summed E-state index contributed by atoms with van der Waals surface area (Å²) in [6, 6.07) is 14.2. The van der Waals surface area contributed by atoms with Crippen LogP contribution in [0.2, 0.25) is 10.0 Å². The molecule has 8 rings (SSSR count). The van der Waals surface area contributed by atoms with Gasteiger partial charge < -0.3 is 15.4 Å². The van der Waals surface area contributed by atoms with Gasteiger partial charge in [0.1, 0.15) is 11.5 Å². The van der Waals surface area contributed by atoms with Crippen molar-refractivity contribution >= 4 is 51.4 Å². The minimum atomic E-state index is -2.87. The number of alkyl halides is 2. The van der Waals surface area contributed by atoms with Gasteiger partial charge in [-0.05, 0) is 49.4 Å². The summed E-state index contributed by atoms with van der Waals surface area (Å²) in [5, 5.41) is 11.2. The van der Waals surface area contributed by atoms with E-state index in [1.165, 1.54) is 13.2 Å². The third kappa shape index (κ3) is 6.61. The van der Waals surface area contributed by atoms with E-state index in [9.17, 15) is 18.4 Å². The Kier molecular flexibility index (Phi) is 10.1. The monoisotopic (exact) mass is 761 g/mol. The topological polar surface area (TPSA) is 114 Å². The fourth-order valence-electron chi connectivity index (χ4n) is 7.87. The third-order valence-corrected chi connectivity index (χ3v) is 11.2. The lowest BCUT2D eigenvalue weighted by molar-refractivity contribution is -0.119. The Morgan fingerprint density at radius 2 is 1.74 bits per heavy atom. The molecule has 3 aliphatic rings. The fourth-order valence-corrected chi connectivity index (χ4v) is 8.47. The summed E-state index contributed by atoms with van der Waals surface area (Å²) in [5.74, 6) is 0.625. The van der Waals surface area contributed by atoms with E-state index in [2.05, 4.69) is 31.7 Å². The number of rotatable bonds is 7. The molecular weight excluding hydrogens is 723 g/mol. The lowest BCUT2D eigenvalue weighted by Crippen LogP contribution is -2.44. The van der Waals surface area contributed by atoms with Gasteiger partial charge in [0.25, 0.3) is 12.0 Å². The standard InChI is InChI=1S/C37H33Cl2F2N7O3.C2H6/c1-47-36(50)30-20(17-42-47)16-26(33(40)41)44-34(30)43-24-8-4-6-22(32(24)39)21-5-3-7-23(31(21)38)25-15-19-9-10-27(29(19)35(45-25)51-2)48-14-13-37(18-48)12-11-28(49)46-37;1-2/h3-8,15-17,27,33H,9-14,18H2,1-2H3,(H,43,44)(H,46,49);1-2H3. The maximum atomic E-state index is 13.8. The molecule has 276 valence electrons. The summed E-state index contributed by atoms with van der Waals surface area (Å²) in [5.41, 5.74) is 3.99. The first-order chi connectivity index (χ1) is 25.6. The van der Waals surface area contributed by atoms with Crippen LogP contribution in [0.25, 0.3) is 33.2 Å². The van der Waals surface area contributed by atoms with Crippen LogP contribution in [0.1, 0.15) is 68.8 Å². The highest BCUT2D eigenvalue weighted by atomic mass is 35.5. The second kappa shape index (κ2) is 14.6. The molecule has 2 saturated heterocycles. The van der Waals surface area contributed by atoms with E-state index < -0.39 is 17.7 Å². The van der Waals surface area contributed by atoms with E-state index in [4.69, 9.17) is 32.9 Å². The van der Waals surface area contributed by atoms with Crippen LogP contribution in [0.4, 0.5) is 20.3 Å². The predicted molar refractivity (Wildman–Crippen MR) is 203 cm³/mol. The molecule has 0 saturated carbocycles. The highest BCUT2D eigenvalue weighted by molar-refractivity contribution is 6.39. The van der Waals surface area contributed by atoms with Gasteiger partial charge in [0, 0.05) is 60.2 Å². The number of aromatic nitrogens is 4. The van der Waals surface area contributed by atoms with Gasteiger partial charge in [-0.25, -0.2) is 23.4 Å². The van der Waals surface area contributed by atoms with Crippen molar-refractivity contribution in [1.82, 2.24) is 30.0 Å². The number of nitrogens with zero attached hydrogens (tertiary/aromatic N) is 5. The quantitative estimate of drug-likeness (QED) is 0.170. The van der Waals surface area contributed by atoms with Crippen molar-refractivity contribution in [3.63, 3.8) is 0 Å². The number of likely N-dealkylation sites (tertiary alicyclic amines) is 1. The molecule has 3 aromatic heterocycles. The van der Waals surface area contributed by atoms with Gasteiger partial charge in [-0.2, -0.15) is 5.10 Å². The van der Waals surface area contributed by atoms with Crippen LogP contribution in [-0.4, -0.2) is 56.3 Å². The molecule has 5 heterocycles. The smallest absolute Gasteiger partial charge is 0.280 e. The van der Waals surface area contributed by atoms with Crippen molar-refractivity contribution < 1.29 is 18.3 Å². The number of methoxy groups -OCH3 is 1. The number of carbonyl (C=O) groups excluding carboxylic acids is 1. The molecule has 53 heavy (non-hydrogen) atoms. The van der Waals surface area contributed by atoms with Crippen LogP contribution in [-0.2, 0) is 18.3 Å². The summed E-state index contributed by atoms with van der Waals surface area (Å²) >= 11 is 14.1. The molecule has 2 fully saturated rings. The molecule has 2 aromatic carbocycles. The van der Waals surface area contributed by atoms with Crippen molar-refractivity contribution in [2.24, 2.45) is 7.05 Å². The highest BCUT2D eigenvalue weighted by Gasteiger charge is 2.46. The largest absolute Gasteiger partial charge is 0.481 e. The molecule has 2 N–H and O–H groups in total. The molecule has 2 aliphatic heterocycles. The molecule has 1 spiro atoms. The van der Waals surface area contributed by atoms with Crippen molar-refractivity contribution in [1.29, 1.82) is 0 Å². The zero-order valence-corrected chi connectivity index (χ0v) is 31.3. The zero-order chi connectivity index (χ0) is 37.6. The van der Waals surface area contributed by atoms with E-state index >= 15 is 0 Å². The average molecular weight is 763 g/mol. The molecule has 5 aromatic rings. The number of hydrogen-bond donors (Lipinski definition) is 2. The first kappa shape index (κ1) is 36.7. The summed E-state index contributed by atoms with van der Waals surface area (Å²) in [4.78, 5) is 36.6. The average Bonchev–Trinajstić information content (AvgIpc) is 3.88. The molecule has 0 bridgehead atoms. The fraction of sp³-hybridized carbons (Fsp3) is 0.359. The van der Waals surface area contributed by atoms with E-state index in [0.717, 1.165) is 60.6 Å². The maximum Gasteiger partial charge on any atom is 0.280 e. The van der Waals surface area contributed by atoms with Gasteiger partial charge in [-0.15, -0.1) is 0 Å². The molecule has 1 aliphatic carbocycles. The minimum Gasteiger partial charge on any atom is -0.481 e. The van der Waals surface area contributed by atoms with Gasteiger partial charge in [-0.1, -0.05) is 67.4 Å². The van der Waals surface area contributed by atoms with Crippen LogP contribution in [0.3, 0.4) is 0 Å².